The van der Waals surface area contributed by atoms with Crippen LogP contribution in [0.5, 0.6) is 0 Å². The summed E-state index contributed by atoms with van der Waals surface area (Å²) < 4.78 is 0. The number of aryl methyl sites for hydroxylation is 1. The van der Waals surface area contributed by atoms with Crippen LogP contribution in [0.15, 0.2) is 66.7 Å². The topological polar surface area (TPSA) is 69.6 Å². The van der Waals surface area contributed by atoms with E-state index >= 15 is 0 Å². The fourth-order valence-electron chi connectivity index (χ4n) is 4.69. The normalized spacial score (nSPS) is 15.9. The second-order valence-electron chi connectivity index (χ2n) is 9.78. The van der Waals surface area contributed by atoms with Crippen LogP contribution in [0.25, 0.3) is 11.3 Å². The van der Waals surface area contributed by atoms with Crippen molar-refractivity contribution in [1.82, 2.24) is 20.0 Å². The maximum atomic E-state index is 13.2. The van der Waals surface area contributed by atoms with Gasteiger partial charge >= 0.3 is 0 Å². The second kappa shape index (κ2) is 10.9. The van der Waals surface area contributed by atoms with Gasteiger partial charge in [-0.25, -0.2) is 0 Å². The van der Waals surface area contributed by atoms with Gasteiger partial charge in [0.15, 0.2) is 5.82 Å². The number of aromatic nitrogens is 2. The van der Waals surface area contributed by atoms with Crippen molar-refractivity contribution in [2.24, 2.45) is 0 Å². The van der Waals surface area contributed by atoms with Gasteiger partial charge in [0.2, 0.25) is 11.8 Å². The summed E-state index contributed by atoms with van der Waals surface area (Å²) >= 11 is 0. The van der Waals surface area contributed by atoms with E-state index in [-0.39, 0.29) is 24.4 Å². The summed E-state index contributed by atoms with van der Waals surface area (Å²) in [6.45, 7) is 5.06. The molecule has 0 unspecified atom stereocenters. The lowest BCUT2D eigenvalue weighted by atomic mass is 10.1. The van der Waals surface area contributed by atoms with Crippen LogP contribution in [-0.4, -0.2) is 70.6 Å². The van der Waals surface area contributed by atoms with E-state index in [1.165, 1.54) is 5.56 Å². The smallest absolute Gasteiger partial charge is 0.242 e. The van der Waals surface area contributed by atoms with Crippen molar-refractivity contribution in [3.05, 3.63) is 77.9 Å². The van der Waals surface area contributed by atoms with Crippen LogP contribution >= 0.6 is 0 Å². The van der Waals surface area contributed by atoms with Gasteiger partial charge in [0.05, 0.1) is 12.1 Å². The number of benzene rings is 2. The summed E-state index contributed by atoms with van der Waals surface area (Å²) in [6.07, 6.45) is 3.17. The molecule has 3 aromatic rings. The van der Waals surface area contributed by atoms with Crippen LogP contribution in [-0.2, 0) is 16.0 Å². The van der Waals surface area contributed by atoms with Crippen LogP contribution in [0.4, 0.5) is 5.82 Å². The lowest BCUT2D eigenvalue weighted by Crippen LogP contribution is -2.45. The summed E-state index contributed by atoms with van der Waals surface area (Å²) in [6, 6.07) is 22.2. The van der Waals surface area contributed by atoms with Crippen LogP contribution in [0.3, 0.4) is 0 Å². The first-order chi connectivity index (χ1) is 17.6. The van der Waals surface area contributed by atoms with Gasteiger partial charge in [0, 0.05) is 37.8 Å². The van der Waals surface area contributed by atoms with E-state index in [1.54, 1.807) is 4.90 Å². The molecule has 0 spiro atoms. The standard InChI is InChI=1S/C29H33N5O2/c1-22-8-10-24(11-9-22)26-14-15-27(31-30-26)32-16-5-17-33(19-18-32)29(36)21-34(25-12-13-25)28(35)20-23-6-3-2-4-7-23/h2-4,6-11,14-15,25H,5,12-13,16-21H2,1H3. The highest BCUT2D eigenvalue weighted by Crippen LogP contribution is 2.28. The monoisotopic (exact) mass is 483 g/mol. The molecule has 0 atom stereocenters. The predicted octanol–water partition coefficient (Wildman–Crippen LogP) is 3.72. The molecule has 2 fully saturated rings. The molecule has 2 heterocycles. The van der Waals surface area contributed by atoms with Crippen molar-refractivity contribution in [2.75, 3.05) is 37.6 Å². The molecule has 1 aliphatic carbocycles. The van der Waals surface area contributed by atoms with Crippen molar-refractivity contribution < 1.29 is 9.59 Å². The number of rotatable bonds is 7. The third kappa shape index (κ3) is 5.90. The fourth-order valence-corrected chi connectivity index (χ4v) is 4.69. The zero-order valence-corrected chi connectivity index (χ0v) is 20.8. The van der Waals surface area contributed by atoms with Crippen molar-refractivity contribution >= 4 is 17.6 Å². The summed E-state index contributed by atoms with van der Waals surface area (Å²) in [5.41, 5.74) is 4.10. The van der Waals surface area contributed by atoms with E-state index in [9.17, 15) is 9.59 Å². The van der Waals surface area contributed by atoms with Gasteiger partial charge < -0.3 is 14.7 Å². The second-order valence-corrected chi connectivity index (χ2v) is 9.78. The number of hydrogen-bond acceptors (Lipinski definition) is 5. The van der Waals surface area contributed by atoms with Gasteiger partial charge in [-0.1, -0.05) is 60.2 Å². The molecule has 1 aromatic heterocycles. The Morgan fingerprint density at radius 2 is 1.67 bits per heavy atom. The molecule has 0 radical (unpaired) electrons. The van der Waals surface area contributed by atoms with Gasteiger partial charge in [0.25, 0.3) is 0 Å². The molecular formula is C29H33N5O2. The zero-order chi connectivity index (χ0) is 24.9. The maximum Gasteiger partial charge on any atom is 0.242 e. The molecule has 2 amide bonds. The van der Waals surface area contributed by atoms with E-state index in [0.29, 0.717) is 26.1 Å². The highest BCUT2D eigenvalue weighted by Gasteiger charge is 2.35. The quantitative estimate of drug-likeness (QED) is 0.512. The number of carbonyl (C=O) groups is 2. The Bertz CT molecular complexity index is 1180. The Balaban J connectivity index is 1.17. The maximum absolute atomic E-state index is 13.2. The van der Waals surface area contributed by atoms with E-state index in [1.807, 2.05) is 47.4 Å². The lowest BCUT2D eigenvalue weighted by molar-refractivity contribution is -0.140. The number of anilines is 1. The molecule has 7 nitrogen and oxygen atoms in total. The van der Waals surface area contributed by atoms with E-state index in [2.05, 4.69) is 46.3 Å². The largest absolute Gasteiger partial charge is 0.353 e. The van der Waals surface area contributed by atoms with E-state index in [4.69, 9.17) is 0 Å². The molecule has 1 saturated heterocycles. The third-order valence-electron chi connectivity index (χ3n) is 6.98. The minimum atomic E-state index is 0.0333. The van der Waals surface area contributed by atoms with Crippen molar-refractivity contribution in [1.29, 1.82) is 0 Å². The molecule has 2 aromatic carbocycles. The first-order valence-electron chi connectivity index (χ1n) is 12.8. The Labute approximate surface area is 212 Å². The van der Waals surface area contributed by atoms with E-state index < -0.39 is 0 Å². The zero-order valence-electron chi connectivity index (χ0n) is 20.8. The first kappa shape index (κ1) is 24.0. The Hall–Kier alpha value is -3.74. The molecule has 0 bridgehead atoms. The van der Waals surface area contributed by atoms with Gasteiger partial charge in [-0.15, -0.1) is 10.2 Å². The number of amides is 2. The minimum Gasteiger partial charge on any atom is -0.353 e. The summed E-state index contributed by atoms with van der Waals surface area (Å²) in [7, 11) is 0. The van der Waals surface area contributed by atoms with Gasteiger partial charge in [0.1, 0.15) is 6.54 Å². The molecule has 0 N–H and O–H groups in total. The molecule has 2 aliphatic rings. The average Bonchev–Trinajstić information content (AvgIpc) is 3.76. The number of carbonyl (C=O) groups excluding carboxylic acids is 2. The Kier molecular flexibility index (Phi) is 7.26. The molecule has 5 rings (SSSR count). The fraction of sp³-hybridized carbons (Fsp3) is 0.379. The Morgan fingerprint density at radius 1 is 0.889 bits per heavy atom. The molecule has 186 valence electrons. The van der Waals surface area contributed by atoms with Crippen molar-refractivity contribution in [3.63, 3.8) is 0 Å². The summed E-state index contributed by atoms with van der Waals surface area (Å²) in [5, 5.41) is 8.92. The third-order valence-corrected chi connectivity index (χ3v) is 6.98. The lowest BCUT2D eigenvalue weighted by Gasteiger charge is -2.27. The average molecular weight is 484 g/mol. The summed E-state index contributed by atoms with van der Waals surface area (Å²) in [4.78, 5) is 32.1. The minimum absolute atomic E-state index is 0.0333. The van der Waals surface area contributed by atoms with Crippen molar-refractivity contribution in [3.8, 4) is 11.3 Å². The highest BCUT2D eigenvalue weighted by atomic mass is 16.2. The van der Waals surface area contributed by atoms with Gasteiger partial charge in [-0.2, -0.15) is 0 Å². The van der Waals surface area contributed by atoms with Crippen LogP contribution < -0.4 is 4.90 Å². The molecule has 36 heavy (non-hydrogen) atoms. The summed E-state index contributed by atoms with van der Waals surface area (Å²) in [5.74, 6) is 0.904. The molecule has 7 heteroatoms. The SMILES string of the molecule is Cc1ccc(-c2ccc(N3CCCN(C(=O)CN(C(=O)Cc4ccccc4)C4CC4)CC3)nn2)cc1. The molecule has 1 aliphatic heterocycles. The number of hydrogen-bond donors (Lipinski definition) is 0. The van der Waals surface area contributed by atoms with Crippen LogP contribution in [0.2, 0.25) is 0 Å². The predicted molar refractivity (Wildman–Crippen MR) is 140 cm³/mol. The van der Waals surface area contributed by atoms with Crippen molar-refractivity contribution in [2.45, 2.75) is 38.6 Å². The molecular weight excluding hydrogens is 450 g/mol. The highest BCUT2D eigenvalue weighted by molar-refractivity contribution is 5.86. The van der Waals surface area contributed by atoms with Crippen LogP contribution in [0, 0.1) is 6.92 Å². The van der Waals surface area contributed by atoms with Crippen LogP contribution in [0.1, 0.15) is 30.4 Å². The van der Waals surface area contributed by atoms with Gasteiger partial charge in [-0.05, 0) is 43.9 Å². The first-order valence-corrected chi connectivity index (χ1v) is 12.8. The Morgan fingerprint density at radius 3 is 2.36 bits per heavy atom. The van der Waals surface area contributed by atoms with Gasteiger partial charge in [-0.3, -0.25) is 9.59 Å². The molecule has 1 saturated carbocycles. The number of nitrogens with zero attached hydrogens (tertiary/aromatic N) is 5. The van der Waals surface area contributed by atoms with E-state index in [0.717, 1.165) is 48.4 Å².